The van der Waals surface area contributed by atoms with Crippen LogP contribution in [0.5, 0.6) is 0 Å². The van der Waals surface area contributed by atoms with Crippen molar-refractivity contribution in [2.75, 3.05) is 19.0 Å². The van der Waals surface area contributed by atoms with Gasteiger partial charge in [0.05, 0.1) is 11.9 Å². The molecular formula is C16H21N5O. The normalized spacial score (nSPS) is 10.9. The van der Waals surface area contributed by atoms with Crippen LogP contribution in [0.2, 0.25) is 0 Å². The predicted molar refractivity (Wildman–Crippen MR) is 88.2 cm³/mol. The average Bonchev–Trinajstić information content (AvgIpc) is 2.77. The maximum Gasteiger partial charge on any atom is 0.261 e. The maximum absolute atomic E-state index is 11.8. The summed E-state index contributed by atoms with van der Waals surface area (Å²) in [5.74, 6) is -0.202. The molecule has 2 rings (SSSR count). The Kier molecular flexibility index (Phi) is 4.93. The highest BCUT2D eigenvalue weighted by atomic mass is 16.2. The van der Waals surface area contributed by atoms with Crippen molar-refractivity contribution in [3.63, 3.8) is 0 Å². The molecule has 0 unspecified atom stereocenters. The summed E-state index contributed by atoms with van der Waals surface area (Å²) in [6.45, 7) is 3.98. The molecule has 0 saturated carbocycles. The molecule has 1 heterocycles. The number of amides is 1. The highest BCUT2D eigenvalue weighted by molar-refractivity contribution is 5.82. The maximum atomic E-state index is 11.8. The molecule has 116 valence electrons. The minimum absolute atomic E-state index is 0.163. The fraction of sp³-hybridized carbons (Fsp3) is 0.312. The minimum atomic E-state index is -0.202. The molecule has 0 aliphatic carbocycles. The lowest BCUT2D eigenvalue weighted by atomic mass is 10.2. The van der Waals surface area contributed by atoms with Gasteiger partial charge in [0.2, 0.25) is 0 Å². The van der Waals surface area contributed by atoms with E-state index in [4.69, 9.17) is 0 Å². The number of benzene rings is 1. The van der Waals surface area contributed by atoms with E-state index in [1.807, 2.05) is 63.2 Å². The number of aromatic nitrogens is 2. The van der Waals surface area contributed by atoms with Crippen molar-refractivity contribution in [2.24, 2.45) is 5.10 Å². The molecule has 1 aromatic carbocycles. The minimum Gasteiger partial charge on any atom is -0.378 e. The van der Waals surface area contributed by atoms with Gasteiger partial charge in [0.1, 0.15) is 6.54 Å². The van der Waals surface area contributed by atoms with E-state index in [2.05, 4.69) is 15.6 Å². The van der Waals surface area contributed by atoms with E-state index >= 15 is 0 Å². The van der Waals surface area contributed by atoms with Crippen LogP contribution in [0, 0.1) is 13.8 Å². The van der Waals surface area contributed by atoms with Gasteiger partial charge in [-0.3, -0.25) is 9.48 Å². The zero-order valence-corrected chi connectivity index (χ0v) is 13.4. The van der Waals surface area contributed by atoms with Crippen LogP contribution in [0.1, 0.15) is 17.0 Å². The summed E-state index contributed by atoms with van der Waals surface area (Å²) < 4.78 is 1.66. The molecule has 0 fully saturated rings. The van der Waals surface area contributed by atoms with Crippen LogP contribution >= 0.6 is 0 Å². The van der Waals surface area contributed by atoms with Crippen LogP contribution in [0.4, 0.5) is 5.69 Å². The first-order valence-corrected chi connectivity index (χ1v) is 7.06. The van der Waals surface area contributed by atoms with Gasteiger partial charge in [-0.25, -0.2) is 5.43 Å². The highest BCUT2D eigenvalue weighted by Crippen LogP contribution is 2.10. The van der Waals surface area contributed by atoms with Crippen molar-refractivity contribution in [1.29, 1.82) is 0 Å². The Morgan fingerprint density at radius 1 is 1.32 bits per heavy atom. The number of aryl methyl sites for hydroxylation is 2. The van der Waals surface area contributed by atoms with Crippen molar-refractivity contribution < 1.29 is 4.79 Å². The van der Waals surface area contributed by atoms with Crippen LogP contribution < -0.4 is 10.3 Å². The predicted octanol–water partition coefficient (Wildman–Crippen LogP) is 1.72. The van der Waals surface area contributed by atoms with Crippen molar-refractivity contribution in [3.05, 3.63) is 47.3 Å². The van der Waals surface area contributed by atoms with E-state index in [0.29, 0.717) is 0 Å². The summed E-state index contributed by atoms with van der Waals surface area (Å²) in [4.78, 5) is 13.8. The quantitative estimate of drug-likeness (QED) is 0.675. The smallest absolute Gasteiger partial charge is 0.261 e. The summed E-state index contributed by atoms with van der Waals surface area (Å²) in [6.07, 6.45) is 1.62. The topological polar surface area (TPSA) is 62.5 Å². The number of nitrogens with zero attached hydrogens (tertiary/aromatic N) is 4. The zero-order chi connectivity index (χ0) is 16.1. The summed E-state index contributed by atoms with van der Waals surface area (Å²) in [6, 6.07) is 9.83. The summed E-state index contributed by atoms with van der Waals surface area (Å²) >= 11 is 0. The van der Waals surface area contributed by atoms with Gasteiger partial charge in [-0.2, -0.15) is 10.2 Å². The Bertz CT molecular complexity index is 670. The molecule has 0 aliphatic heterocycles. The molecule has 0 bridgehead atoms. The number of carbonyl (C=O) groups excluding carboxylic acids is 1. The van der Waals surface area contributed by atoms with Gasteiger partial charge in [0.15, 0.2) is 0 Å². The number of carbonyl (C=O) groups is 1. The third kappa shape index (κ3) is 4.18. The lowest BCUT2D eigenvalue weighted by Gasteiger charge is -2.11. The second-order valence-corrected chi connectivity index (χ2v) is 5.36. The van der Waals surface area contributed by atoms with Gasteiger partial charge in [-0.1, -0.05) is 12.1 Å². The van der Waals surface area contributed by atoms with Crippen molar-refractivity contribution in [2.45, 2.75) is 20.4 Å². The zero-order valence-electron chi connectivity index (χ0n) is 13.4. The molecule has 22 heavy (non-hydrogen) atoms. The molecule has 2 aromatic rings. The molecule has 6 heteroatoms. The third-order valence-corrected chi connectivity index (χ3v) is 3.21. The van der Waals surface area contributed by atoms with E-state index in [0.717, 1.165) is 22.6 Å². The lowest BCUT2D eigenvalue weighted by molar-refractivity contribution is -0.121. The summed E-state index contributed by atoms with van der Waals surface area (Å²) in [5, 5.41) is 8.21. The fourth-order valence-electron chi connectivity index (χ4n) is 2.04. The van der Waals surface area contributed by atoms with E-state index in [1.165, 1.54) is 0 Å². The molecule has 6 nitrogen and oxygen atoms in total. The van der Waals surface area contributed by atoms with Gasteiger partial charge in [-0.15, -0.1) is 0 Å². The first-order valence-electron chi connectivity index (χ1n) is 7.06. The average molecular weight is 299 g/mol. The SMILES string of the molecule is Cc1cc(C)n(CC(=O)NN=Cc2ccc(N(C)C)cc2)n1. The van der Waals surface area contributed by atoms with Crippen molar-refractivity contribution in [3.8, 4) is 0 Å². The second-order valence-electron chi connectivity index (χ2n) is 5.36. The third-order valence-electron chi connectivity index (χ3n) is 3.21. The molecule has 0 aliphatic rings. The molecule has 1 amide bonds. The van der Waals surface area contributed by atoms with Gasteiger partial charge in [-0.05, 0) is 37.6 Å². The number of hydrogen-bond acceptors (Lipinski definition) is 4. The Labute approximate surface area is 130 Å². The standard InChI is InChI=1S/C16H21N5O/c1-12-9-13(2)21(19-12)11-16(22)18-17-10-14-5-7-15(8-6-14)20(3)4/h5-10H,11H2,1-4H3,(H,18,22). The van der Waals surface area contributed by atoms with E-state index in [-0.39, 0.29) is 12.5 Å². The highest BCUT2D eigenvalue weighted by Gasteiger charge is 2.05. The second kappa shape index (κ2) is 6.89. The first-order chi connectivity index (χ1) is 10.5. The van der Waals surface area contributed by atoms with Crippen LogP contribution in [0.15, 0.2) is 35.4 Å². The Hall–Kier alpha value is -2.63. The van der Waals surface area contributed by atoms with E-state index in [1.54, 1.807) is 10.9 Å². The van der Waals surface area contributed by atoms with Gasteiger partial charge >= 0.3 is 0 Å². The summed E-state index contributed by atoms with van der Waals surface area (Å²) in [7, 11) is 3.98. The summed E-state index contributed by atoms with van der Waals surface area (Å²) in [5.41, 5.74) is 6.41. The van der Waals surface area contributed by atoms with Crippen LogP contribution in [-0.2, 0) is 11.3 Å². The number of nitrogens with one attached hydrogen (secondary N) is 1. The van der Waals surface area contributed by atoms with E-state index < -0.39 is 0 Å². The van der Waals surface area contributed by atoms with Crippen LogP contribution in [0.3, 0.4) is 0 Å². The monoisotopic (exact) mass is 299 g/mol. The number of rotatable bonds is 5. The Morgan fingerprint density at radius 3 is 2.55 bits per heavy atom. The molecule has 0 atom stereocenters. The van der Waals surface area contributed by atoms with Gasteiger partial charge in [0, 0.05) is 25.5 Å². The molecule has 0 spiro atoms. The Balaban J connectivity index is 1.89. The van der Waals surface area contributed by atoms with Crippen molar-refractivity contribution >= 4 is 17.8 Å². The van der Waals surface area contributed by atoms with Crippen LogP contribution in [-0.4, -0.2) is 36.0 Å². The number of hydrazone groups is 1. The molecule has 1 N–H and O–H groups in total. The molecule has 0 saturated heterocycles. The Morgan fingerprint density at radius 2 is 2.00 bits per heavy atom. The molecule has 0 radical (unpaired) electrons. The molecule has 1 aromatic heterocycles. The fourth-order valence-corrected chi connectivity index (χ4v) is 2.04. The lowest BCUT2D eigenvalue weighted by Crippen LogP contribution is -2.24. The first kappa shape index (κ1) is 15.8. The molecular weight excluding hydrogens is 278 g/mol. The largest absolute Gasteiger partial charge is 0.378 e. The van der Waals surface area contributed by atoms with Crippen LogP contribution in [0.25, 0.3) is 0 Å². The van der Waals surface area contributed by atoms with E-state index in [9.17, 15) is 4.79 Å². The number of hydrogen-bond donors (Lipinski definition) is 1. The van der Waals surface area contributed by atoms with Crippen molar-refractivity contribution in [1.82, 2.24) is 15.2 Å². The number of anilines is 1. The van der Waals surface area contributed by atoms with Gasteiger partial charge in [0.25, 0.3) is 5.91 Å². The van der Waals surface area contributed by atoms with Gasteiger partial charge < -0.3 is 4.90 Å².